The highest BCUT2D eigenvalue weighted by molar-refractivity contribution is 5.85. The van der Waals surface area contributed by atoms with Crippen molar-refractivity contribution in [2.75, 3.05) is 26.7 Å². The molecular weight excluding hydrogens is 346 g/mol. The van der Waals surface area contributed by atoms with Crippen LogP contribution in [0, 0.1) is 6.92 Å². The molecule has 3 rings (SSSR count). The molecule has 2 aromatic rings. The molecule has 0 atom stereocenters. The van der Waals surface area contributed by atoms with E-state index < -0.39 is 0 Å². The number of methoxy groups -OCH3 is 1. The molecular formula is C20H25N3O4. The van der Waals surface area contributed by atoms with Crippen molar-refractivity contribution in [2.45, 2.75) is 32.6 Å². The number of likely N-dealkylation sites (tertiary alicyclic amines) is 1. The molecule has 2 amide bonds. The molecule has 0 unspecified atom stereocenters. The van der Waals surface area contributed by atoms with E-state index in [-0.39, 0.29) is 24.8 Å². The summed E-state index contributed by atoms with van der Waals surface area (Å²) in [5.41, 5.74) is 1.38. The first kappa shape index (κ1) is 18.9. The Morgan fingerprint density at radius 1 is 1.19 bits per heavy atom. The Labute approximate surface area is 158 Å². The monoisotopic (exact) mass is 371 g/mol. The number of ether oxygens (including phenoxy) is 1. The maximum absolute atomic E-state index is 12.2. The minimum Gasteiger partial charge on any atom is -0.497 e. The van der Waals surface area contributed by atoms with Crippen molar-refractivity contribution in [2.24, 2.45) is 0 Å². The molecule has 0 spiro atoms. The molecule has 0 saturated carbocycles. The second kappa shape index (κ2) is 8.70. The summed E-state index contributed by atoms with van der Waals surface area (Å²) < 4.78 is 10.8. The highest BCUT2D eigenvalue weighted by Crippen LogP contribution is 2.24. The summed E-state index contributed by atoms with van der Waals surface area (Å²) in [6.07, 6.45) is 3.31. The standard InChI is InChI=1S/C20H25N3O4/c1-14-17(22-20(27-14)15-6-8-16(26-2)9-7-15)12-18(24)21-13-19(25)23-10-4-3-5-11-23/h6-9H,3-5,10-13H2,1-2H3,(H,21,24). The van der Waals surface area contributed by atoms with E-state index in [1.807, 2.05) is 29.2 Å². The Morgan fingerprint density at radius 3 is 2.56 bits per heavy atom. The molecule has 1 N–H and O–H groups in total. The van der Waals surface area contributed by atoms with Gasteiger partial charge in [0.05, 0.1) is 25.8 Å². The van der Waals surface area contributed by atoms with Crippen LogP contribution in [0.2, 0.25) is 0 Å². The third-order valence-electron chi connectivity index (χ3n) is 4.70. The van der Waals surface area contributed by atoms with Crippen LogP contribution in [0.25, 0.3) is 11.5 Å². The smallest absolute Gasteiger partial charge is 0.241 e. The van der Waals surface area contributed by atoms with E-state index in [0.29, 0.717) is 17.3 Å². The van der Waals surface area contributed by atoms with Gasteiger partial charge in [0.15, 0.2) is 0 Å². The van der Waals surface area contributed by atoms with Crippen LogP contribution < -0.4 is 10.1 Å². The zero-order valence-corrected chi connectivity index (χ0v) is 15.8. The third kappa shape index (κ3) is 4.87. The average Bonchev–Trinajstić information content (AvgIpc) is 3.07. The Kier molecular flexibility index (Phi) is 6.11. The molecule has 1 aromatic heterocycles. The lowest BCUT2D eigenvalue weighted by atomic mass is 10.1. The van der Waals surface area contributed by atoms with Crippen molar-refractivity contribution in [1.82, 2.24) is 15.2 Å². The molecule has 27 heavy (non-hydrogen) atoms. The zero-order chi connectivity index (χ0) is 19.2. The fraction of sp³-hybridized carbons (Fsp3) is 0.450. The zero-order valence-electron chi connectivity index (χ0n) is 15.8. The number of oxazole rings is 1. The Morgan fingerprint density at radius 2 is 1.89 bits per heavy atom. The molecule has 1 fully saturated rings. The largest absolute Gasteiger partial charge is 0.497 e. The van der Waals surface area contributed by atoms with Crippen molar-refractivity contribution >= 4 is 11.8 Å². The molecule has 1 aliphatic heterocycles. The Bertz CT molecular complexity index is 792. The van der Waals surface area contributed by atoms with Crippen LogP contribution in [0.1, 0.15) is 30.7 Å². The molecule has 7 nitrogen and oxygen atoms in total. The van der Waals surface area contributed by atoms with Crippen molar-refractivity contribution in [1.29, 1.82) is 0 Å². The molecule has 0 aliphatic carbocycles. The number of aromatic nitrogens is 1. The molecule has 1 aromatic carbocycles. The first-order valence-corrected chi connectivity index (χ1v) is 9.22. The van der Waals surface area contributed by atoms with Crippen LogP contribution in [0.5, 0.6) is 5.75 Å². The maximum atomic E-state index is 12.2. The number of hydrogen-bond acceptors (Lipinski definition) is 5. The average molecular weight is 371 g/mol. The molecule has 1 saturated heterocycles. The summed E-state index contributed by atoms with van der Waals surface area (Å²) in [5.74, 6) is 1.54. The van der Waals surface area contributed by atoms with Crippen molar-refractivity contribution in [3.05, 3.63) is 35.7 Å². The summed E-state index contributed by atoms with van der Waals surface area (Å²) in [5, 5.41) is 2.69. The molecule has 144 valence electrons. The number of carbonyl (C=O) groups excluding carboxylic acids is 2. The van der Waals surface area contributed by atoms with Crippen molar-refractivity contribution in [3.8, 4) is 17.2 Å². The Balaban J connectivity index is 1.56. The fourth-order valence-electron chi connectivity index (χ4n) is 3.09. The van der Waals surface area contributed by atoms with Gasteiger partial charge in [-0.1, -0.05) is 0 Å². The van der Waals surface area contributed by atoms with Gasteiger partial charge in [-0.2, -0.15) is 0 Å². The summed E-state index contributed by atoms with van der Waals surface area (Å²) >= 11 is 0. The normalized spacial score (nSPS) is 14.1. The lowest BCUT2D eigenvalue weighted by molar-refractivity contribution is -0.133. The number of carbonyl (C=O) groups is 2. The van der Waals surface area contributed by atoms with E-state index >= 15 is 0 Å². The number of aryl methyl sites for hydroxylation is 1. The maximum Gasteiger partial charge on any atom is 0.241 e. The minimum atomic E-state index is -0.238. The number of benzene rings is 1. The van der Waals surface area contributed by atoms with Crippen molar-refractivity contribution < 1.29 is 18.7 Å². The Hall–Kier alpha value is -2.83. The van der Waals surface area contributed by atoms with Crippen LogP contribution in [-0.4, -0.2) is 48.4 Å². The number of nitrogens with one attached hydrogen (secondary N) is 1. The van der Waals surface area contributed by atoms with Gasteiger partial charge in [0.1, 0.15) is 11.5 Å². The summed E-state index contributed by atoms with van der Waals surface area (Å²) in [6, 6.07) is 7.36. The first-order chi connectivity index (χ1) is 13.1. The van der Waals surface area contributed by atoms with Gasteiger partial charge < -0.3 is 19.4 Å². The SMILES string of the molecule is COc1ccc(-c2nc(CC(=O)NCC(=O)N3CCCCC3)c(C)o2)cc1. The quantitative estimate of drug-likeness (QED) is 0.842. The number of hydrogen-bond donors (Lipinski definition) is 1. The van der Waals surface area contributed by atoms with Gasteiger partial charge in [-0.05, 0) is 50.5 Å². The molecule has 2 heterocycles. The van der Waals surface area contributed by atoms with Gasteiger partial charge in [0.25, 0.3) is 0 Å². The van der Waals surface area contributed by atoms with E-state index in [1.165, 1.54) is 0 Å². The minimum absolute atomic E-state index is 0.0288. The van der Waals surface area contributed by atoms with Crippen LogP contribution in [0.3, 0.4) is 0 Å². The highest BCUT2D eigenvalue weighted by atomic mass is 16.5. The van der Waals surface area contributed by atoms with Crippen LogP contribution in [0.15, 0.2) is 28.7 Å². The molecule has 7 heteroatoms. The second-order valence-corrected chi connectivity index (χ2v) is 6.65. The highest BCUT2D eigenvalue weighted by Gasteiger charge is 2.18. The molecule has 0 bridgehead atoms. The van der Waals surface area contributed by atoms with Gasteiger partial charge in [-0.3, -0.25) is 9.59 Å². The van der Waals surface area contributed by atoms with E-state index in [2.05, 4.69) is 10.3 Å². The summed E-state index contributed by atoms with van der Waals surface area (Å²) in [7, 11) is 1.61. The number of nitrogens with zero attached hydrogens (tertiary/aromatic N) is 2. The summed E-state index contributed by atoms with van der Waals surface area (Å²) in [4.78, 5) is 30.6. The van der Waals surface area contributed by atoms with E-state index in [1.54, 1.807) is 14.0 Å². The fourth-order valence-corrected chi connectivity index (χ4v) is 3.09. The van der Waals surface area contributed by atoms with Crippen molar-refractivity contribution in [3.63, 3.8) is 0 Å². The van der Waals surface area contributed by atoms with E-state index in [9.17, 15) is 9.59 Å². The van der Waals surface area contributed by atoms with Crippen LogP contribution >= 0.6 is 0 Å². The lowest BCUT2D eigenvalue weighted by Crippen LogP contribution is -2.42. The van der Waals surface area contributed by atoms with Gasteiger partial charge in [0.2, 0.25) is 17.7 Å². The third-order valence-corrected chi connectivity index (χ3v) is 4.70. The molecule has 1 aliphatic rings. The number of piperidine rings is 1. The lowest BCUT2D eigenvalue weighted by Gasteiger charge is -2.26. The van der Waals surface area contributed by atoms with Crippen LogP contribution in [0.4, 0.5) is 0 Å². The number of rotatable bonds is 6. The summed E-state index contributed by atoms with van der Waals surface area (Å²) in [6.45, 7) is 3.37. The predicted molar refractivity (Wildman–Crippen MR) is 100 cm³/mol. The van der Waals surface area contributed by atoms with Gasteiger partial charge in [0, 0.05) is 18.7 Å². The van der Waals surface area contributed by atoms with E-state index in [4.69, 9.17) is 9.15 Å². The van der Waals surface area contributed by atoms with Crippen LogP contribution in [-0.2, 0) is 16.0 Å². The molecule has 0 radical (unpaired) electrons. The van der Waals surface area contributed by atoms with Gasteiger partial charge in [-0.25, -0.2) is 4.98 Å². The number of amides is 2. The van der Waals surface area contributed by atoms with Gasteiger partial charge >= 0.3 is 0 Å². The first-order valence-electron chi connectivity index (χ1n) is 9.22. The topological polar surface area (TPSA) is 84.7 Å². The second-order valence-electron chi connectivity index (χ2n) is 6.65. The predicted octanol–water partition coefficient (Wildman–Crippen LogP) is 2.33. The van der Waals surface area contributed by atoms with Gasteiger partial charge in [-0.15, -0.1) is 0 Å². The van der Waals surface area contributed by atoms with E-state index in [0.717, 1.165) is 43.7 Å².